The number of carbonyl (C=O) groups is 2. The molecule has 0 unspecified atom stereocenters. The molecule has 0 spiro atoms. The summed E-state index contributed by atoms with van der Waals surface area (Å²) < 4.78 is 0. The maximum atomic E-state index is 10.3. The third kappa shape index (κ3) is 2.67. The van der Waals surface area contributed by atoms with E-state index in [-0.39, 0.29) is 0 Å². The number of rotatable bonds is 4. The van der Waals surface area contributed by atoms with E-state index in [4.69, 9.17) is 0 Å². The fourth-order valence-corrected chi connectivity index (χ4v) is 1.12. The first-order chi connectivity index (χ1) is 6.38. The molecule has 0 N–H and O–H groups in total. The molecule has 0 saturated heterocycles. The van der Waals surface area contributed by atoms with Crippen LogP contribution >= 0.6 is 0 Å². The molecule has 1 aromatic carbocycles. The second-order valence-electron chi connectivity index (χ2n) is 2.56. The first kappa shape index (κ1) is 9.39. The topological polar surface area (TPSA) is 34.1 Å². The van der Waals surface area contributed by atoms with Gasteiger partial charge in [0.05, 0.1) is 0 Å². The second kappa shape index (κ2) is 5.04. The summed E-state index contributed by atoms with van der Waals surface area (Å²) in [5.41, 5.74) is 1.86. The normalized spacial score (nSPS) is 10.2. The molecule has 1 aromatic rings. The van der Waals surface area contributed by atoms with Gasteiger partial charge in [0.2, 0.25) is 0 Å². The monoisotopic (exact) mass is 174 g/mol. The van der Waals surface area contributed by atoms with Crippen LogP contribution in [0.15, 0.2) is 30.3 Å². The summed E-state index contributed by atoms with van der Waals surface area (Å²) in [5.74, 6) is 0. The van der Waals surface area contributed by atoms with Crippen LogP contribution in [-0.2, 0) is 16.0 Å². The van der Waals surface area contributed by atoms with E-state index in [0.717, 1.165) is 23.7 Å². The lowest BCUT2D eigenvalue weighted by Gasteiger charge is -1.99. The highest BCUT2D eigenvalue weighted by Gasteiger charge is 1.95. The Morgan fingerprint density at radius 3 is 2.62 bits per heavy atom. The van der Waals surface area contributed by atoms with E-state index in [9.17, 15) is 9.59 Å². The van der Waals surface area contributed by atoms with Gasteiger partial charge in [-0.2, -0.15) is 0 Å². The van der Waals surface area contributed by atoms with E-state index in [1.54, 1.807) is 6.08 Å². The molecule has 2 nitrogen and oxygen atoms in total. The third-order valence-electron chi connectivity index (χ3n) is 1.71. The predicted molar refractivity (Wildman–Crippen MR) is 51.3 cm³/mol. The fourth-order valence-electron chi connectivity index (χ4n) is 1.12. The quantitative estimate of drug-likeness (QED) is 0.513. The zero-order chi connectivity index (χ0) is 9.52. The summed E-state index contributed by atoms with van der Waals surface area (Å²) in [7, 11) is 0. The van der Waals surface area contributed by atoms with Crippen molar-refractivity contribution < 1.29 is 9.59 Å². The van der Waals surface area contributed by atoms with Crippen molar-refractivity contribution in [1.29, 1.82) is 0 Å². The van der Waals surface area contributed by atoms with Gasteiger partial charge in [0, 0.05) is 6.42 Å². The van der Waals surface area contributed by atoms with Crippen molar-refractivity contribution in [3.63, 3.8) is 0 Å². The van der Waals surface area contributed by atoms with Gasteiger partial charge in [-0.25, -0.2) is 0 Å². The van der Waals surface area contributed by atoms with Crippen molar-refractivity contribution >= 4 is 18.6 Å². The van der Waals surface area contributed by atoms with Gasteiger partial charge in [0.25, 0.3) is 0 Å². The molecule has 66 valence electrons. The van der Waals surface area contributed by atoms with E-state index in [1.807, 2.05) is 24.3 Å². The highest BCUT2D eigenvalue weighted by atomic mass is 16.1. The van der Waals surface area contributed by atoms with Crippen LogP contribution < -0.4 is 0 Å². The molecule has 0 fully saturated rings. The lowest BCUT2D eigenvalue weighted by atomic mass is 10.1. The minimum atomic E-state index is 0.388. The second-order valence-corrected chi connectivity index (χ2v) is 2.56. The highest BCUT2D eigenvalue weighted by molar-refractivity contribution is 5.75. The Morgan fingerprint density at radius 1 is 1.15 bits per heavy atom. The predicted octanol–water partition coefficient (Wildman–Crippen LogP) is 1.64. The van der Waals surface area contributed by atoms with Crippen molar-refractivity contribution in [2.45, 2.75) is 6.42 Å². The number of allylic oxidation sites excluding steroid dienone is 1. The lowest BCUT2D eigenvalue weighted by molar-refractivity contribution is -0.107. The summed E-state index contributed by atoms with van der Waals surface area (Å²) in [5, 5.41) is 0. The van der Waals surface area contributed by atoms with E-state index in [2.05, 4.69) is 0 Å². The van der Waals surface area contributed by atoms with Crippen LogP contribution in [0.1, 0.15) is 11.1 Å². The molecule has 0 aliphatic rings. The Labute approximate surface area is 76.9 Å². The largest absolute Gasteiger partial charge is 0.303 e. The van der Waals surface area contributed by atoms with E-state index in [0.29, 0.717) is 6.42 Å². The van der Waals surface area contributed by atoms with Gasteiger partial charge < -0.3 is 4.79 Å². The Kier molecular flexibility index (Phi) is 3.64. The molecule has 13 heavy (non-hydrogen) atoms. The molecule has 0 saturated carbocycles. The van der Waals surface area contributed by atoms with Crippen LogP contribution in [0.25, 0.3) is 6.08 Å². The molecule has 0 radical (unpaired) electrons. The average Bonchev–Trinajstić information content (AvgIpc) is 2.17. The Hall–Kier alpha value is -1.70. The lowest BCUT2D eigenvalue weighted by Crippen LogP contribution is -1.89. The van der Waals surface area contributed by atoms with Crippen LogP contribution in [0, 0.1) is 0 Å². The van der Waals surface area contributed by atoms with Crippen LogP contribution in [0.4, 0.5) is 0 Å². The van der Waals surface area contributed by atoms with Gasteiger partial charge in [0.1, 0.15) is 12.6 Å². The van der Waals surface area contributed by atoms with Crippen LogP contribution in [-0.4, -0.2) is 12.6 Å². The zero-order valence-corrected chi connectivity index (χ0v) is 7.14. The number of hydrogen-bond acceptors (Lipinski definition) is 2. The molecule has 0 atom stereocenters. The minimum absolute atomic E-state index is 0.388. The Morgan fingerprint density at radius 2 is 1.92 bits per heavy atom. The Balaban J connectivity index is 2.96. The van der Waals surface area contributed by atoms with Crippen molar-refractivity contribution in [1.82, 2.24) is 0 Å². The maximum absolute atomic E-state index is 10.3. The summed E-state index contributed by atoms with van der Waals surface area (Å²) in [6.07, 6.45) is 5.08. The molecule has 0 bridgehead atoms. The number of benzene rings is 1. The standard InChI is InChI=1S/C11H10O2/c12-8-3-6-10-4-1-2-5-11(10)7-9-13/h1-6,8-9H,7H2/b6-3+. The average molecular weight is 174 g/mol. The molecule has 0 aliphatic carbocycles. The summed E-state index contributed by atoms with van der Waals surface area (Å²) in [6.45, 7) is 0. The van der Waals surface area contributed by atoms with Gasteiger partial charge in [-0.15, -0.1) is 0 Å². The molecule has 2 heteroatoms. The zero-order valence-electron chi connectivity index (χ0n) is 7.14. The van der Waals surface area contributed by atoms with Crippen molar-refractivity contribution in [2.75, 3.05) is 0 Å². The van der Waals surface area contributed by atoms with E-state index >= 15 is 0 Å². The van der Waals surface area contributed by atoms with Gasteiger partial charge in [0.15, 0.2) is 0 Å². The van der Waals surface area contributed by atoms with Gasteiger partial charge in [-0.3, -0.25) is 4.79 Å². The number of aldehydes is 2. The van der Waals surface area contributed by atoms with Crippen molar-refractivity contribution in [3.8, 4) is 0 Å². The third-order valence-corrected chi connectivity index (χ3v) is 1.71. The van der Waals surface area contributed by atoms with E-state index in [1.165, 1.54) is 6.08 Å². The first-order valence-corrected chi connectivity index (χ1v) is 4.02. The smallest absolute Gasteiger partial charge is 0.142 e. The maximum Gasteiger partial charge on any atom is 0.142 e. The molecule has 0 aliphatic heterocycles. The van der Waals surface area contributed by atoms with E-state index < -0.39 is 0 Å². The minimum Gasteiger partial charge on any atom is -0.303 e. The molecule has 1 rings (SSSR count). The summed E-state index contributed by atoms with van der Waals surface area (Å²) in [4.78, 5) is 20.4. The molecule has 0 aromatic heterocycles. The van der Waals surface area contributed by atoms with Crippen molar-refractivity contribution in [2.24, 2.45) is 0 Å². The van der Waals surface area contributed by atoms with Crippen LogP contribution in [0.5, 0.6) is 0 Å². The molecular formula is C11H10O2. The fraction of sp³-hybridized carbons (Fsp3) is 0.0909. The SMILES string of the molecule is O=C/C=C/c1ccccc1CC=O. The van der Waals surface area contributed by atoms with Gasteiger partial charge >= 0.3 is 0 Å². The van der Waals surface area contributed by atoms with Crippen LogP contribution in [0.3, 0.4) is 0 Å². The van der Waals surface area contributed by atoms with Gasteiger partial charge in [-0.05, 0) is 17.2 Å². The summed E-state index contributed by atoms with van der Waals surface area (Å²) >= 11 is 0. The van der Waals surface area contributed by atoms with Crippen LogP contribution in [0.2, 0.25) is 0 Å². The molecular weight excluding hydrogens is 164 g/mol. The first-order valence-electron chi connectivity index (χ1n) is 4.02. The van der Waals surface area contributed by atoms with Crippen molar-refractivity contribution in [3.05, 3.63) is 41.5 Å². The molecule has 0 amide bonds. The highest BCUT2D eigenvalue weighted by Crippen LogP contribution is 2.10. The summed E-state index contributed by atoms with van der Waals surface area (Å²) in [6, 6.07) is 7.49. The Bertz CT molecular complexity index is 327. The number of carbonyl (C=O) groups excluding carboxylic acids is 2. The molecule has 0 heterocycles. The number of hydrogen-bond donors (Lipinski definition) is 0. The van der Waals surface area contributed by atoms with Gasteiger partial charge in [-0.1, -0.05) is 30.3 Å².